The second-order valence-electron chi connectivity index (χ2n) is 7.31. The van der Waals surface area contributed by atoms with Gasteiger partial charge in [-0.25, -0.2) is 13.2 Å². The third kappa shape index (κ3) is 4.35. The molecule has 0 heterocycles. The van der Waals surface area contributed by atoms with Crippen LogP contribution in [0.1, 0.15) is 36.7 Å². The molecule has 0 spiro atoms. The van der Waals surface area contributed by atoms with Crippen LogP contribution in [0.5, 0.6) is 0 Å². The van der Waals surface area contributed by atoms with Crippen molar-refractivity contribution in [3.05, 3.63) is 53.6 Å². The number of carbonyl (C=O) groups is 1. The van der Waals surface area contributed by atoms with E-state index in [-0.39, 0.29) is 21.6 Å². The van der Waals surface area contributed by atoms with Gasteiger partial charge in [0.2, 0.25) is 0 Å². The van der Waals surface area contributed by atoms with E-state index in [9.17, 15) is 18.3 Å². The van der Waals surface area contributed by atoms with Gasteiger partial charge in [0.25, 0.3) is 10.0 Å². The second-order valence-corrected chi connectivity index (χ2v) is 8.99. The molecule has 7 heteroatoms. The van der Waals surface area contributed by atoms with Gasteiger partial charge < -0.3 is 10.0 Å². The van der Waals surface area contributed by atoms with Crippen LogP contribution in [0, 0.1) is 0 Å². The average Bonchev–Trinajstić information content (AvgIpc) is 2.53. The molecular formula is C19H24N2O4S. The SMILES string of the molecule is CN(C)c1ccc(NS(=O)(=O)c2ccc(C(C)(C)C)cc2)cc1C(=O)O. The van der Waals surface area contributed by atoms with Crippen LogP contribution in [0.4, 0.5) is 11.4 Å². The molecule has 0 fully saturated rings. The number of anilines is 2. The molecular weight excluding hydrogens is 352 g/mol. The van der Waals surface area contributed by atoms with Crippen LogP contribution in [0.15, 0.2) is 47.4 Å². The minimum Gasteiger partial charge on any atom is -0.478 e. The van der Waals surface area contributed by atoms with Gasteiger partial charge >= 0.3 is 5.97 Å². The molecule has 0 radical (unpaired) electrons. The molecule has 0 aliphatic rings. The number of aromatic carboxylic acids is 1. The van der Waals surface area contributed by atoms with Crippen molar-refractivity contribution >= 4 is 27.4 Å². The summed E-state index contributed by atoms with van der Waals surface area (Å²) in [5.74, 6) is -1.12. The maximum Gasteiger partial charge on any atom is 0.337 e. The summed E-state index contributed by atoms with van der Waals surface area (Å²) in [5, 5.41) is 9.36. The summed E-state index contributed by atoms with van der Waals surface area (Å²) in [4.78, 5) is 13.2. The first-order chi connectivity index (χ1) is 11.9. The van der Waals surface area contributed by atoms with Crippen molar-refractivity contribution in [2.75, 3.05) is 23.7 Å². The van der Waals surface area contributed by atoms with Gasteiger partial charge in [0.15, 0.2) is 0 Å². The first-order valence-corrected chi connectivity index (χ1v) is 9.58. The third-order valence-corrected chi connectivity index (χ3v) is 5.39. The summed E-state index contributed by atoms with van der Waals surface area (Å²) in [6.07, 6.45) is 0. The summed E-state index contributed by atoms with van der Waals surface area (Å²) in [6.45, 7) is 6.15. The molecule has 140 valence electrons. The van der Waals surface area contributed by atoms with Crippen molar-refractivity contribution in [3.8, 4) is 0 Å². The average molecular weight is 376 g/mol. The monoisotopic (exact) mass is 376 g/mol. The topological polar surface area (TPSA) is 86.7 Å². The minimum absolute atomic E-state index is 0.0262. The maximum atomic E-state index is 12.6. The summed E-state index contributed by atoms with van der Waals surface area (Å²) >= 11 is 0. The van der Waals surface area contributed by atoms with Crippen LogP contribution in [-0.4, -0.2) is 33.6 Å². The lowest BCUT2D eigenvalue weighted by atomic mass is 9.87. The zero-order valence-corrected chi connectivity index (χ0v) is 16.4. The van der Waals surface area contributed by atoms with Crippen molar-refractivity contribution in [2.24, 2.45) is 0 Å². The Morgan fingerprint density at radius 1 is 1.04 bits per heavy atom. The fraction of sp³-hybridized carbons (Fsp3) is 0.316. The Balaban J connectivity index is 2.35. The number of hydrogen-bond acceptors (Lipinski definition) is 4. The Hall–Kier alpha value is -2.54. The van der Waals surface area contributed by atoms with Crippen LogP contribution in [0.3, 0.4) is 0 Å². The molecule has 0 saturated carbocycles. The number of carboxylic acid groups (broad SMARTS) is 1. The second kappa shape index (κ2) is 6.99. The zero-order chi connectivity index (χ0) is 19.7. The molecule has 0 bridgehead atoms. The Kier molecular flexibility index (Phi) is 5.32. The Morgan fingerprint density at radius 2 is 1.62 bits per heavy atom. The van der Waals surface area contributed by atoms with E-state index < -0.39 is 16.0 Å². The highest BCUT2D eigenvalue weighted by molar-refractivity contribution is 7.92. The van der Waals surface area contributed by atoms with Gasteiger partial charge in [-0.1, -0.05) is 32.9 Å². The van der Waals surface area contributed by atoms with Gasteiger partial charge in [-0.2, -0.15) is 0 Å². The molecule has 0 saturated heterocycles. The predicted octanol–water partition coefficient (Wildman–Crippen LogP) is 3.55. The van der Waals surface area contributed by atoms with Crippen LogP contribution >= 0.6 is 0 Å². The van der Waals surface area contributed by atoms with E-state index in [4.69, 9.17) is 0 Å². The first-order valence-electron chi connectivity index (χ1n) is 8.10. The molecule has 2 aromatic rings. The molecule has 26 heavy (non-hydrogen) atoms. The van der Waals surface area contributed by atoms with E-state index in [0.29, 0.717) is 5.69 Å². The smallest absolute Gasteiger partial charge is 0.337 e. The first kappa shape index (κ1) is 19.8. The number of rotatable bonds is 5. The standard InChI is InChI=1S/C19H24N2O4S/c1-19(2,3)13-6-9-15(10-7-13)26(24,25)20-14-8-11-17(21(4)5)16(12-14)18(22)23/h6-12,20H,1-5H3,(H,22,23). The molecule has 6 nitrogen and oxygen atoms in total. The van der Waals surface area contributed by atoms with E-state index in [1.807, 2.05) is 0 Å². The van der Waals surface area contributed by atoms with Crippen molar-refractivity contribution in [2.45, 2.75) is 31.1 Å². The molecule has 2 rings (SSSR count). The number of sulfonamides is 1. The van der Waals surface area contributed by atoms with E-state index in [0.717, 1.165) is 5.56 Å². The molecule has 2 aromatic carbocycles. The van der Waals surface area contributed by atoms with Gasteiger partial charge in [0.05, 0.1) is 16.1 Å². The number of nitrogens with zero attached hydrogens (tertiary/aromatic N) is 1. The van der Waals surface area contributed by atoms with Crippen molar-refractivity contribution < 1.29 is 18.3 Å². The van der Waals surface area contributed by atoms with Crippen LogP contribution in [0.25, 0.3) is 0 Å². The van der Waals surface area contributed by atoms with Crippen molar-refractivity contribution in [3.63, 3.8) is 0 Å². The lowest BCUT2D eigenvalue weighted by molar-refractivity contribution is 0.0697. The Bertz CT molecular complexity index is 912. The van der Waals surface area contributed by atoms with Crippen LogP contribution in [0.2, 0.25) is 0 Å². The molecule has 0 aliphatic heterocycles. The van der Waals surface area contributed by atoms with E-state index in [2.05, 4.69) is 25.5 Å². The summed E-state index contributed by atoms with van der Waals surface area (Å²) in [5.41, 5.74) is 1.68. The number of nitrogens with one attached hydrogen (secondary N) is 1. The van der Waals surface area contributed by atoms with E-state index in [1.165, 1.54) is 6.07 Å². The van der Waals surface area contributed by atoms with Gasteiger partial charge in [-0.3, -0.25) is 4.72 Å². The number of benzene rings is 2. The fourth-order valence-electron chi connectivity index (χ4n) is 2.51. The molecule has 0 aromatic heterocycles. The van der Waals surface area contributed by atoms with Crippen LogP contribution < -0.4 is 9.62 Å². The minimum atomic E-state index is -3.81. The summed E-state index contributed by atoms with van der Waals surface area (Å²) < 4.78 is 27.6. The van der Waals surface area contributed by atoms with E-state index >= 15 is 0 Å². The lowest BCUT2D eigenvalue weighted by Gasteiger charge is -2.19. The molecule has 0 aliphatic carbocycles. The van der Waals surface area contributed by atoms with E-state index in [1.54, 1.807) is 55.4 Å². The Morgan fingerprint density at radius 3 is 2.08 bits per heavy atom. The van der Waals surface area contributed by atoms with Gasteiger partial charge in [0.1, 0.15) is 0 Å². The Labute approximate surface area is 154 Å². The summed E-state index contributed by atoms with van der Waals surface area (Å²) in [7, 11) is -0.358. The van der Waals surface area contributed by atoms with Gasteiger partial charge in [-0.15, -0.1) is 0 Å². The normalized spacial score (nSPS) is 11.9. The summed E-state index contributed by atoms with van der Waals surface area (Å²) in [6, 6.07) is 11.1. The van der Waals surface area contributed by atoms with Crippen molar-refractivity contribution in [1.82, 2.24) is 0 Å². The highest BCUT2D eigenvalue weighted by Gasteiger charge is 2.19. The maximum absolute atomic E-state index is 12.6. The number of hydrogen-bond donors (Lipinski definition) is 2. The highest BCUT2D eigenvalue weighted by Crippen LogP contribution is 2.26. The van der Waals surface area contributed by atoms with Crippen molar-refractivity contribution in [1.29, 1.82) is 0 Å². The lowest BCUT2D eigenvalue weighted by Crippen LogP contribution is -2.17. The van der Waals surface area contributed by atoms with Gasteiger partial charge in [0, 0.05) is 19.8 Å². The van der Waals surface area contributed by atoms with Gasteiger partial charge in [-0.05, 0) is 41.3 Å². The molecule has 0 atom stereocenters. The zero-order valence-electron chi connectivity index (χ0n) is 15.6. The fourth-order valence-corrected chi connectivity index (χ4v) is 3.56. The molecule has 0 amide bonds. The molecule has 0 unspecified atom stereocenters. The largest absolute Gasteiger partial charge is 0.478 e. The molecule has 2 N–H and O–H groups in total. The van der Waals surface area contributed by atoms with Crippen LogP contribution in [-0.2, 0) is 15.4 Å². The quantitative estimate of drug-likeness (QED) is 0.833. The highest BCUT2D eigenvalue weighted by atomic mass is 32.2. The third-order valence-electron chi connectivity index (χ3n) is 3.99. The predicted molar refractivity (Wildman–Crippen MR) is 104 cm³/mol. The number of carboxylic acids is 1.